The van der Waals surface area contributed by atoms with E-state index in [1.807, 2.05) is 31.2 Å². The lowest BCUT2D eigenvalue weighted by Gasteiger charge is -2.29. The Kier molecular flexibility index (Phi) is 5.39. The van der Waals surface area contributed by atoms with Gasteiger partial charge < -0.3 is 11.1 Å². The average molecular weight is 380 g/mol. The molecule has 23 heavy (non-hydrogen) atoms. The summed E-state index contributed by atoms with van der Waals surface area (Å²) in [4.78, 5) is 14.6. The summed E-state index contributed by atoms with van der Waals surface area (Å²) in [5.74, 6) is 1.38. The van der Waals surface area contributed by atoms with Crippen LogP contribution in [0.4, 0.5) is 0 Å². The van der Waals surface area contributed by atoms with Gasteiger partial charge in [0.05, 0.1) is 12.6 Å². The van der Waals surface area contributed by atoms with Gasteiger partial charge in [0.1, 0.15) is 0 Å². The van der Waals surface area contributed by atoms with Crippen molar-refractivity contribution in [2.24, 2.45) is 17.6 Å². The smallest absolute Gasteiger partial charge is 0.234 e. The van der Waals surface area contributed by atoms with E-state index in [1.165, 1.54) is 12.8 Å². The van der Waals surface area contributed by atoms with E-state index in [0.29, 0.717) is 24.4 Å². The van der Waals surface area contributed by atoms with E-state index in [1.54, 1.807) is 0 Å². The highest BCUT2D eigenvalue weighted by Gasteiger charge is 2.39. The first-order chi connectivity index (χ1) is 11.0. The van der Waals surface area contributed by atoms with Gasteiger partial charge in [-0.15, -0.1) is 0 Å². The highest BCUT2D eigenvalue weighted by molar-refractivity contribution is 9.10. The van der Waals surface area contributed by atoms with Gasteiger partial charge in [0.25, 0.3) is 0 Å². The van der Waals surface area contributed by atoms with Crippen molar-refractivity contribution < 1.29 is 4.79 Å². The molecule has 4 atom stereocenters. The molecule has 5 heteroatoms. The molecule has 1 saturated heterocycles. The highest BCUT2D eigenvalue weighted by atomic mass is 79.9. The normalized spacial score (nSPS) is 29.1. The second kappa shape index (κ2) is 7.32. The van der Waals surface area contributed by atoms with Crippen molar-refractivity contribution in [2.45, 2.75) is 38.3 Å². The third kappa shape index (κ3) is 4.14. The van der Waals surface area contributed by atoms with Crippen LogP contribution in [-0.4, -0.2) is 36.5 Å². The van der Waals surface area contributed by atoms with E-state index in [-0.39, 0.29) is 11.9 Å². The molecule has 0 radical (unpaired) electrons. The zero-order valence-electron chi connectivity index (χ0n) is 13.7. The molecule has 0 spiro atoms. The van der Waals surface area contributed by atoms with Crippen LogP contribution in [0.25, 0.3) is 0 Å². The maximum absolute atomic E-state index is 12.3. The van der Waals surface area contributed by atoms with E-state index >= 15 is 0 Å². The molecule has 1 aromatic carbocycles. The molecule has 3 rings (SSSR count). The second-order valence-electron chi connectivity index (χ2n) is 7.05. The lowest BCUT2D eigenvalue weighted by Crippen LogP contribution is -2.39. The summed E-state index contributed by atoms with van der Waals surface area (Å²) in [5.41, 5.74) is 7.37. The minimum atomic E-state index is 0.0303. The van der Waals surface area contributed by atoms with Gasteiger partial charge in [-0.05, 0) is 49.3 Å². The number of carbonyl (C=O) groups excluding carboxylic acids is 1. The van der Waals surface area contributed by atoms with Gasteiger partial charge in [-0.25, -0.2) is 0 Å². The number of halogens is 1. The molecule has 1 aliphatic heterocycles. The van der Waals surface area contributed by atoms with E-state index in [9.17, 15) is 4.79 Å². The van der Waals surface area contributed by atoms with E-state index in [4.69, 9.17) is 5.73 Å². The minimum Gasteiger partial charge on any atom is -0.348 e. The molecule has 0 bridgehead atoms. The van der Waals surface area contributed by atoms with Crippen molar-refractivity contribution in [1.82, 2.24) is 10.2 Å². The van der Waals surface area contributed by atoms with Crippen LogP contribution in [0.2, 0.25) is 0 Å². The molecule has 1 aromatic rings. The van der Waals surface area contributed by atoms with Crippen molar-refractivity contribution in [2.75, 3.05) is 19.6 Å². The number of hydrogen-bond acceptors (Lipinski definition) is 3. The summed E-state index contributed by atoms with van der Waals surface area (Å²) in [6.07, 6.45) is 3.65. The highest BCUT2D eigenvalue weighted by Crippen LogP contribution is 2.35. The Balaban J connectivity index is 1.50. The number of fused-ring (bicyclic) bond motifs is 1. The lowest BCUT2D eigenvalue weighted by atomic mass is 9.78. The quantitative estimate of drug-likeness (QED) is 0.845. The molecule has 2 aliphatic rings. The van der Waals surface area contributed by atoms with Crippen LogP contribution < -0.4 is 11.1 Å². The summed E-state index contributed by atoms with van der Waals surface area (Å²) < 4.78 is 1.05. The van der Waals surface area contributed by atoms with Gasteiger partial charge in [-0.1, -0.05) is 34.5 Å². The number of nitrogens with one attached hydrogen (secondary N) is 1. The van der Waals surface area contributed by atoms with Gasteiger partial charge in [-0.2, -0.15) is 0 Å². The van der Waals surface area contributed by atoms with Crippen molar-refractivity contribution in [1.29, 1.82) is 0 Å². The first-order valence-electron chi connectivity index (χ1n) is 8.55. The number of nitrogens with zero attached hydrogens (tertiary/aromatic N) is 1. The van der Waals surface area contributed by atoms with Crippen LogP contribution in [0, 0.1) is 11.8 Å². The van der Waals surface area contributed by atoms with E-state index in [0.717, 1.165) is 29.5 Å². The van der Waals surface area contributed by atoms with Crippen LogP contribution in [0.5, 0.6) is 0 Å². The van der Waals surface area contributed by atoms with Crippen LogP contribution in [0.1, 0.15) is 37.8 Å². The van der Waals surface area contributed by atoms with Crippen molar-refractivity contribution in [3.63, 3.8) is 0 Å². The van der Waals surface area contributed by atoms with E-state index in [2.05, 4.69) is 26.1 Å². The van der Waals surface area contributed by atoms with E-state index < -0.39 is 0 Å². The van der Waals surface area contributed by atoms with Crippen molar-refractivity contribution in [3.05, 3.63) is 34.3 Å². The molecule has 0 aromatic heterocycles. The number of carbonyl (C=O) groups is 1. The fraction of sp³-hybridized carbons (Fsp3) is 0.611. The number of hydrogen-bond donors (Lipinski definition) is 2. The summed E-state index contributed by atoms with van der Waals surface area (Å²) in [5, 5.41) is 3.11. The first-order valence-corrected chi connectivity index (χ1v) is 9.35. The predicted octanol–water partition coefficient (Wildman–Crippen LogP) is 2.69. The monoisotopic (exact) mass is 379 g/mol. The number of benzene rings is 1. The lowest BCUT2D eigenvalue weighted by molar-refractivity contribution is -0.122. The number of rotatable bonds is 4. The summed E-state index contributed by atoms with van der Waals surface area (Å²) >= 11 is 3.43. The van der Waals surface area contributed by atoms with Crippen LogP contribution in [0.3, 0.4) is 0 Å². The first kappa shape index (κ1) is 16.9. The summed E-state index contributed by atoms with van der Waals surface area (Å²) in [7, 11) is 0. The Morgan fingerprint density at radius 2 is 2.09 bits per heavy atom. The Morgan fingerprint density at radius 3 is 2.78 bits per heavy atom. The van der Waals surface area contributed by atoms with Gasteiger partial charge in [0.15, 0.2) is 0 Å². The molecule has 1 aliphatic carbocycles. The molecular weight excluding hydrogens is 354 g/mol. The third-order valence-electron chi connectivity index (χ3n) is 5.34. The maximum atomic E-state index is 12.3. The number of nitrogens with two attached hydrogens (primary N) is 1. The average Bonchev–Trinajstić information content (AvgIpc) is 2.91. The molecule has 4 nitrogen and oxygen atoms in total. The minimum absolute atomic E-state index is 0.0303. The molecule has 1 heterocycles. The number of likely N-dealkylation sites (tertiary alicyclic amines) is 1. The largest absolute Gasteiger partial charge is 0.348 e. The third-order valence-corrected chi connectivity index (χ3v) is 5.87. The fourth-order valence-corrected chi connectivity index (χ4v) is 4.33. The van der Waals surface area contributed by atoms with Gasteiger partial charge in [0, 0.05) is 23.6 Å². The van der Waals surface area contributed by atoms with Crippen LogP contribution in [0.15, 0.2) is 28.7 Å². The molecular formula is C18H26BrN3O. The Hall–Kier alpha value is -0.910. The van der Waals surface area contributed by atoms with Gasteiger partial charge in [0.2, 0.25) is 5.91 Å². The zero-order valence-corrected chi connectivity index (χ0v) is 15.3. The molecule has 4 unspecified atom stereocenters. The zero-order chi connectivity index (χ0) is 16.4. The van der Waals surface area contributed by atoms with Crippen LogP contribution >= 0.6 is 15.9 Å². The number of amides is 1. The molecule has 3 N–H and O–H groups in total. The van der Waals surface area contributed by atoms with Gasteiger partial charge in [-0.3, -0.25) is 9.69 Å². The molecule has 1 saturated carbocycles. The van der Waals surface area contributed by atoms with Crippen molar-refractivity contribution >= 4 is 21.8 Å². The molecule has 1 amide bonds. The fourth-order valence-electron chi connectivity index (χ4n) is 4.06. The Labute approximate surface area is 146 Å². The SMILES string of the molecule is CC(NC(=O)CN1CC2CCCC(N)C2C1)c1ccc(Br)cc1. The maximum Gasteiger partial charge on any atom is 0.234 e. The second-order valence-corrected chi connectivity index (χ2v) is 7.97. The molecule has 126 valence electrons. The van der Waals surface area contributed by atoms with Crippen LogP contribution in [-0.2, 0) is 4.79 Å². The summed E-state index contributed by atoms with van der Waals surface area (Å²) in [6, 6.07) is 8.44. The van der Waals surface area contributed by atoms with Gasteiger partial charge >= 0.3 is 0 Å². The van der Waals surface area contributed by atoms with Crippen molar-refractivity contribution in [3.8, 4) is 0 Å². The predicted molar refractivity (Wildman–Crippen MR) is 95.9 cm³/mol. The molecule has 2 fully saturated rings. The summed E-state index contributed by atoms with van der Waals surface area (Å²) in [6.45, 7) is 4.52. The Morgan fingerprint density at radius 1 is 1.35 bits per heavy atom. The standard InChI is InChI=1S/C18H26BrN3O/c1-12(13-5-7-15(19)8-6-13)21-18(23)11-22-9-14-3-2-4-17(20)16(14)10-22/h5-8,12,14,16-17H,2-4,9-11,20H2,1H3,(H,21,23). The topological polar surface area (TPSA) is 58.4 Å². The Bertz CT molecular complexity index is 548.